The molecule has 1 amide bonds. The van der Waals surface area contributed by atoms with Crippen LogP contribution in [-0.2, 0) is 25.5 Å². The summed E-state index contributed by atoms with van der Waals surface area (Å²) in [5, 5.41) is 11.5. The van der Waals surface area contributed by atoms with Gasteiger partial charge in [-0.25, -0.2) is 0 Å². The molecule has 2 atom stereocenters. The fraction of sp³-hybridized carbons (Fsp3) is 0.375. The molecule has 0 radical (unpaired) electrons. The van der Waals surface area contributed by atoms with Gasteiger partial charge in [-0.1, -0.05) is 24.3 Å². The van der Waals surface area contributed by atoms with Gasteiger partial charge in [0.2, 0.25) is 5.91 Å². The first-order chi connectivity index (χ1) is 15.9. The summed E-state index contributed by atoms with van der Waals surface area (Å²) in [4.78, 5) is 34.7. The van der Waals surface area contributed by atoms with Crippen LogP contribution < -0.4 is 14.8 Å². The molecular formula is C24H27NO7S. The first-order valence-electron chi connectivity index (χ1n) is 10.6. The van der Waals surface area contributed by atoms with Crippen molar-refractivity contribution in [1.29, 1.82) is 0 Å². The Bertz CT molecular complexity index is 946. The molecule has 2 aromatic carbocycles. The zero-order valence-electron chi connectivity index (χ0n) is 18.3. The second-order valence-electron chi connectivity index (χ2n) is 7.50. The fourth-order valence-corrected chi connectivity index (χ4v) is 4.25. The van der Waals surface area contributed by atoms with Gasteiger partial charge in [0.15, 0.2) is 6.10 Å². The predicted octanol–water partition coefficient (Wildman–Crippen LogP) is 3.35. The van der Waals surface area contributed by atoms with Crippen molar-refractivity contribution in [2.24, 2.45) is 0 Å². The number of rotatable bonds is 12. The number of carbonyl (C=O) groups excluding carboxylic acids is 2. The Kier molecular flexibility index (Phi) is 9.00. The van der Waals surface area contributed by atoms with Crippen LogP contribution in [0, 0.1) is 0 Å². The first-order valence-corrected chi connectivity index (χ1v) is 11.7. The number of hydrogen-bond acceptors (Lipinski definition) is 7. The number of carboxylic acids is 1. The van der Waals surface area contributed by atoms with Gasteiger partial charge in [0, 0.05) is 12.8 Å². The van der Waals surface area contributed by atoms with E-state index in [9.17, 15) is 14.4 Å². The number of esters is 1. The van der Waals surface area contributed by atoms with Gasteiger partial charge in [-0.05, 0) is 48.2 Å². The molecule has 0 bridgehead atoms. The van der Waals surface area contributed by atoms with Crippen LogP contribution in [0.2, 0.25) is 0 Å². The fourth-order valence-electron chi connectivity index (χ4n) is 3.28. The number of ether oxygens (including phenoxy) is 3. The summed E-state index contributed by atoms with van der Waals surface area (Å²) in [6.07, 6.45) is 0.126. The van der Waals surface area contributed by atoms with Crippen molar-refractivity contribution in [3.8, 4) is 11.5 Å². The minimum Gasteiger partial charge on any atom is -0.497 e. The Balaban J connectivity index is 1.60. The molecule has 33 heavy (non-hydrogen) atoms. The topological polar surface area (TPSA) is 111 Å². The smallest absolute Gasteiger partial charge is 0.306 e. The number of carboxylic acid groups (broad SMARTS) is 1. The molecule has 1 aliphatic heterocycles. The van der Waals surface area contributed by atoms with Gasteiger partial charge in [-0.15, -0.1) is 11.8 Å². The van der Waals surface area contributed by atoms with Crippen molar-refractivity contribution in [3.05, 3.63) is 59.7 Å². The summed E-state index contributed by atoms with van der Waals surface area (Å²) in [7, 11) is 1.57. The van der Waals surface area contributed by atoms with Gasteiger partial charge in [0.05, 0.1) is 18.2 Å². The Morgan fingerprint density at radius 1 is 1.09 bits per heavy atom. The molecule has 0 aromatic heterocycles. The number of hydrogen-bond donors (Lipinski definition) is 2. The standard InChI is InChI=1S/C24H27NO7S/c1-30-18-11-7-17(8-12-18)20(32-23(28)4-2-3-22(26)27)14-31-19-9-5-16(6-10-19)13-21-24(29)25-15-33-21/h5-12,20-21H,2-4,13-15H2,1H3,(H,25,29)(H,26,27). The minimum atomic E-state index is -0.951. The maximum absolute atomic E-state index is 12.2. The molecule has 2 N–H and O–H groups in total. The van der Waals surface area contributed by atoms with Crippen molar-refractivity contribution in [2.75, 3.05) is 19.6 Å². The van der Waals surface area contributed by atoms with E-state index in [2.05, 4.69) is 5.32 Å². The first kappa shape index (κ1) is 24.4. The molecule has 1 heterocycles. The minimum absolute atomic E-state index is 0.0143. The molecule has 1 fully saturated rings. The maximum atomic E-state index is 12.2. The van der Waals surface area contributed by atoms with Gasteiger partial charge >= 0.3 is 11.9 Å². The van der Waals surface area contributed by atoms with Crippen LogP contribution >= 0.6 is 11.8 Å². The van der Waals surface area contributed by atoms with Crippen molar-refractivity contribution in [2.45, 2.75) is 37.0 Å². The van der Waals surface area contributed by atoms with E-state index in [-0.39, 0.29) is 37.0 Å². The molecule has 2 aromatic rings. The van der Waals surface area contributed by atoms with E-state index in [1.807, 2.05) is 24.3 Å². The highest BCUT2D eigenvalue weighted by atomic mass is 32.2. The number of nitrogens with one attached hydrogen (secondary N) is 1. The van der Waals surface area contributed by atoms with Crippen LogP contribution in [0.5, 0.6) is 11.5 Å². The monoisotopic (exact) mass is 473 g/mol. The molecule has 1 aliphatic rings. The number of methoxy groups -OCH3 is 1. The van der Waals surface area contributed by atoms with Crippen molar-refractivity contribution in [3.63, 3.8) is 0 Å². The summed E-state index contributed by atoms with van der Waals surface area (Å²) in [5.74, 6) is 0.565. The number of amides is 1. The summed E-state index contributed by atoms with van der Waals surface area (Å²) < 4.78 is 16.7. The van der Waals surface area contributed by atoms with Gasteiger partial charge < -0.3 is 24.6 Å². The third-order valence-corrected chi connectivity index (χ3v) is 6.20. The van der Waals surface area contributed by atoms with E-state index in [0.29, 0.717) is 23.8 Å². The summed E-state index contributed by atoms with van der Waals surface area (Å²) in [6.45, 7) is 0.0945. The van der Waals surface area contributed by atoms with E-state index < -0.39 is 18.0 Å². The molecule has 176 valence electrons. The van der Waals surface area contributed by atoms with Crippen molar-refractivity contribution >= 4 is 29.6 Å². The Morgan fingerprint density at radius 3 is 2.39 bits per heavy atom. The molecule has 8 nitrogen and oxygen atoms in total. The van der Waals surface area contributed by atoms with E-state index in [1.54, 1.807) is 43.1 Å². The highest BCUT2D eigenvalue weighted by molar-refractivity contribution is 8.01. The van der Waals surface area contributed by atoms with E-state index in [1.165, 1.54) is 0 Å². The second-order valence-corrected chi connectivity index (χ2v) is 8.69. The van der Waals surface area contributed by atoms with Gasteiger partial charge in [-0.3, -0.25) is 14.4 Å². The second kappa shape index (κ2) is 12.2. The lowest BCUT2D eigenvalue weighted by Crippen LogP contribution is -2.24. The number of thioether (sulfide) groups is 1. The zero-order chi connectivity index (χ0) is 23.6. The van der Waals surface area contributed by atoms with E-state index in [0.717, 1.165) is 11.1 Å². The van der Waals surface area contributed by atoms with Crippen LogP contribution in [0.15, 0.2) is 48.5 Å². The zero-order valence-corrected chi connectivity index (χ0v) is 19.1. The Morgan fingerprint density at radius 2 is 1.79 bits per heavy atom. The Labute approximate surface area is 196 Å². The van der Waals surface area contributed by atoms with Crippen LogP contribution in [-0.4, -0.2) is 47.8 Å². The van der Waals surface area contributed by atoms with Gasteiger partial charge in [-0.2, -0.15) is 0 Å². The van der Waals surface area contributed by atoms with Gasteiger partial charge in [0.1, 0.15) is 18.1 Å². The summed E-state index contributed by atoms with van der Waals surface area (Å²) in [5.41, 5.74) is 1.77. The number of benzene rings is 2. The molecule has 9 heteroatoms. The maximum Gasteiger partial charge on any atom is 0.306 e. The predicted molar refractivity (Wildman–Crippen MR) is 123 cm³/mol. The molecule has 0 spiro atoms. The molecule has 0 aliphatic carbocycles. The largest absolute Gasteiger partial charge is 0.497 e. The Hall–Kier alpha value is -3.20. The molecular weight excluding hydrogens is 446 g/mol. The molecule has 0 saturated carbocycles. The quantitative estimate of drug-likeness (QED) is 0.452. The van der Waals surface area contributed by atoms with Crippen LogP contribution in [0.4, 0.5) is 0 Å². The highest BCUT2D eigenvalue weighted by Crippen LogP contribution is 2.25. The van der Waals surface area contributed by atoms with E-state index >= 15 is 0 Å². The molecule has 3 rings (SSSR count). The number of aliphatic carboxylic acids is 1. The lowest BCUT2D eigenvalue weighted by molar-refractivity contribution is -0.151. The highest BCUT2D eigenvalue weighted by Gasteiger charge is 2.24. The van der Waals surface area contributed by atoms with Crippen LogP contribution in [0.1, 0.15) is 36.5 Å². The third kappa shape index (κ3) is 7.71. The molecule has 2 unspecified atom stereocenters. The van der Waals surface area contributed by atoms with Crippen LogP contribution in [0.3, 0.4) is 0 Å². The average Bonchev–Trinajstić information content (AvgIpc) is 3.21. The lowest BCUT2D eigenvalue weighted by atomic mass is 10.1. The normalized spacial score (nSPS) is 16.0. The SMILES string of the molecule is COc1ccc(C(COc2ccc(CC3SCNC3=O)cc2)OC(=O)CCCC(=O)O)cc1. The summed E-state index contributed by atoms with van der Waals surface area (Å²) in [6, 6.07) is 14.6. The average molecular weight is 474 g/mol. The third-order valence-electron chi connectivity index (χ3n) is 5.10. The van der Waals surface area contributed by atoms with Gasteiger partial charge in [0.25, 0.3) is 0 Å². The lowest BCUT2D eigenvalue weighted by Gasteiger charge is -2.19. The number of carbonyl (C=O) groups is 3. The van der Waals surface area contributed by atoms with E-state index in [4.69, 9.17) is 19.3 Å². The van der Waals surface area contributed by atoms with Crippen molar-refractivity contribution < 1.29 is 33.7 Å². The van der Waals surface area contributed by atoms with Crippen molar-refractivity contribution in [1.82, 2.24) is 5.32 Å². The summed E-state index contributed by atoms with van der Waals surface area (Å²) >= 11 is 1.59. The molecule has 1 saturated heterocycles. The van der Waals surface area contributed by atoms with Crippen LogP contribution in [0.25, 0.3) is 0 Å².